The number of hydrogen-bond donors (Lipinski definition) is 3. The van der Waals surface area contributed by atoms with Crippen LogP contribution in [0.15, 0.2) is 72.9 Å². The van der Waals surface area contributed by atoms with Crippen LogP contribution in [-0.4, -0.2) is 46.9 Å². The Labute approximate surface area is 313 Å². The third-order valence-corrected chi connectivity index (χ3v) is 8.90. The first-order valence-corrected chi connectivity index (χ1v) is 20.7. The lowest BCUT2D eigenvalue weighted by molar-refractivity contribution is -0.151. The summed E-state index contributed by atoms with van der Waals surface area (Å²) in [4.78, 5) is 25.8. The van der Waals surface area contributed by atoms with Crippen molar-refractivity contribution in [1.82, 2.24) is 5.32 Å². The molecule has 0 aromatic rings. The van der Waals surface area contributed by atoms with Crippen molar-refractivity contribution in [2.24, 2.45) is 0 Å². The number of aliphatic hydroxyl groups excluding tert-OH is 2. The number of ether oxygens (including phenoxy) is 1. The van der Waals surface area contributed by atoms with Crippen LogP contribution in [-0.2, 0) is 14.3 Å². The number of amides is 1. The minimum absolute atomic E-state index is 0.0343. The van der Waals surface area contributed by atoms with Crippen LogP contribution in [0.2, 0.25) is 0 Å². The van der Waals surface area contributed by atoms with Crippen LogP contribution in [0, 0.1) is 0 Å². The van der Waals surface area contributed by atoms with E-state index < -0.39 is 18.2 Å². The Kier molecular flexibility index (Phi) is 36.5. The SMILES string of the molecule is CC/C=C/C=C/C=C\C=C/C=C/CCCC(=O)OC(CCCCC/C=C\CCCCC)CC(=O)NC(CO)C(O)CCCCCCCCCCC. The fourth-order valence-electron chi connectivity index (χ4n) is 5.75. The second-order valence-corrected chi connectivity index (χ2v) is 13.8. The summed E-state index contributed by atoms with van der Waals surface area (Å²) >= 11 is 0. The molecule has 0 heterocycles. The van der Waals surface area contributed by atoms with Crippen LogP contribution in [0.4, 0.5) is 0 Å². The molecule has 51 heavy (non-hydrogen) atoms. The van der Waals surface area contributed by atoms with Crippen molar-refractivity contribution in [2.45, 2.75) is 193 Å². The van der Waals surface area contributed by atoms with Gasteiger partial charge in [-0.2, -0.15) is 0 Å². The Morgan fingerprint density at radius 3 is 1.69 bits per heavy atom. The van der Waals surface area contributed by atoms with Gasteiger partial charge in [-0.1, -0.05) is 171 Å². The van der Waals surface area contributed by atoms with Gasteiger partial charge in [-0.15, -0.1) is 0 Å². The summed E-state index contributed by atoms with van der Waals surface area (Å²) in [6.07, 6.45) is 46.8. The van der Waals surface area contributed by atoms with E-state index in [-0.39, 0.29) is 24.9 Å². The van der Waals surface area contributed by atoms with E-state index in [0.717, 1.165) is 64.2 Å². The third-order valence-electron chi connectivity index (χ3n) is 8.90. The molecule has 6 nitrogen and oxygen atoms in total. The fourth-order valence-corrected chi connectivity index (χ4v) is 5.75. The number of nitrogens with one attached hydrogen (secondary N) is 1. The van der Waals surface area contributed by atoms with Gasteiger partial charge in [-0.25, -0.2) is 0 Å². The molecule has 0 saturated heterocycles. The number of esters is 1. The van der Waals surface area contributed by atoms with E-state index in [2.05, 4.69) is 44.3 Å². The fraction of sp³-hybridized carbons (Fsp3) is 0.689. The predicted molar refractivity (Wildman–Crippen MR) is 218 cm³/mol. The van der Waals surface area contributed by atoms with Gasteiger partial charge in [0.05, 0.1) is 25.2 Å². The van der Waals surface area contributed by atoms with Crippen LogP contribution in [0.3, 0.4) is 0 Å². The summed E-state index contributed by atoms with van der Waals surface area (Å²) in [5.74, 6) is -0.590. The molecule has 0 aliphatic heterocycles. The molecule has 0 spiro atoms. The lowest BCUT2D eigenvalue weighted by atomic mass is 10.0. The van der Waals surface area contributed by atoms with Crippen molar-refractivity contribution in [3.8, 4) is 0 Å². The van der Waals surface area contributed by atoms with Crippen molar-refractivity contribution in [3.63, 3.8) is 0 Å². The Hall–Kier alpha value is -2.70. The maximum absolute atomic E-state index is 13.0. The van der Waals surface area contributed by atoms with Crippen molar-refractivity contribution < 1.29 is 24.5 Å². The average Bonchev–Trinajstić information content (AvgIpc) is 3.12. The maximum Gasteiger partial charge on any atom is 0.306 e. The highest BCUT2D eigenvalue weighted by atomic mass is 16.5. The molecule has 1 amide bonds. The van der Waals surface area contributed by atoms with Crippen molar-refractivity contribution in [1.29, 1.82) is 0 Å². The normalized spacial score (nSPS) is 14.2. The van der Waals surface area contributed by atoms with Gasteiger partial charge in [0.25, 0.3) is 0 Å². The summed E-state index contributed by atoms with van der Waals surface area (Å²) in [5, 5.41) is 23.5. The van der Waals surface area contributed by atoms with E-state index in [0.29, 0.717) is 25.7 Å². The minimum Gasteiger partial charge on any atom is -0.462 e. The third kappa shape index (κ3) is 34.2. The van der Waals surface area contributed by atoms with Crippen LogP contribution >= 0.6 is 0 Å². The first-order valence-electron chi connectivity index (χ1n) is 20.7. The minimum atomic E-state index is -0.803. The number of aliphatic hydroxyl groups is 2. The Bertz CT molecular complexity index is 979. The topological polar surface area (TPSA) is 95.9 Å². The molecule has 0 saturated carbocycles. The highest BCUT2D eigenvalue weighted by molar-refractivity contribution is 5.77. The zero-order chi connectivity index (χ0) is 37.5. The van der Waals surface area contributed by atoms with Crippen molar-refractivity contribution in [2.75, 3.05) is 6.61 Å². The Morgan fingerprint density at radius 1 is 0.588 bits per heavy atom. The zero-order valence-corrected chi connectivity index (χ0v) is 33.0. The largest absolute Gasteiger partial charge is 0.462 e. The molecule has 0 rings (SSSR count). The van der Waals surface area contributed by atoms with E-state index in [1.54, 1.807) is 0 Å². The molecule has 0 fully saturated rings. The van der Waals surface area contributed by atoms with Gasteiger partial charge in [0.2, 0.25) is 5.91 Å². The molecule has 0 aromatic heterocycles. The number of unbranched alkanes of at least 4 members (excludes halogenated alkanes) is 15. The van der Waals surface area contributed by atoms with Crippen molar-refractivity contribution >= 4 is 11.9 Å². The summed E-state index contributed by atoms with van der Waals surface area (Å²) in [5.41, 5.74) is 0. The molecule has 3 unspecified atom stereocenters. The van der Waals surface area contributed by atoms with Gasteiger partial charge in [0.15, 0.2) is 0 Å². The molecule has 3 atom stereocenters. The molecule has 0 aromatic carbocycles. The Morgan fingerprint density at radius 2 is 1.08 bits per heavy atom. The molecule has 292 valence electrons. The van der Waals surface area contributed by atoms with Gasteiger partial charge in [-0.05, 0) is 64.2 Å². The number of carbonyl (C=O) groups is 2. The predicted octanol–water partition coefficient (Wildman–Crippen LogP) is 11.5. The quantitative estimate of drug-likeness (QED) is 0.0263. The van der Waals surface area contributed by atoms with Gasteiger partial charge in [0.1, 0.15) is 6.10 Å². The molecule has 0 radical (unpaired) electrons. The van der Waals surface area contributed by atoms with Crippen LogP contribution in [0.25, 0.3) is 0 Å². The van der Waals surface area contributed by atoms with E-state index in [1.165, 1.54) is 57.8 Å². The second-order valence-electron chi connectivity index (χ2n) is 13.8. The average molecular weight is 712 g/mol. The second kappa shape index (κ2) is 38.5. The van der Waals surface area contributed by atoms with E-state index in [4.69, 9.17) is 4.74 Å². The maximum atomic E-state index is 13.0. The standard InChI is InChI=1S/C45H77NO5/c1-4-7-10-13-16-19-21-22-23-26-29-32-35-38-45(50)51-41(36-33-30-27-25-20-17-14-11-8-5-2)39-44(49)46-42(40-47)43(48)37-34-31-28-24-18-15-12-9-6-3/h7,10,13,16-17,19-23,26,29,41-43,47-48H,4-6,8-9,11-12,14-15,18,24-25,27-28,30-40H2,1-3H3,(H,46,49)/b10-7+,16-13+,20-17-,21-19-,23-22-,29-26+. The molecule has 0 bridgehead atoms. The smallest absolute Gasteiger partial charge is 0.306 e. The molecular formula is C45H77NO5. The van der Waals surface area contributed by atoms with E-state index in [9.17, 15) is 19.8 Å². The first kappa shape index (κ1) is 48.3. The molecule has 0 aliphatic carbocycles. The van der Waals surface area contributed by atoms with Crippen LogP contribution in [0.5, 0.6) is 0 Å². The lowest BCUT2D eigenvalue weighted by Crippen LogP contribution is -2.46. The molecule has 6 heteroatoms. The monoisotopic (exact) mass is 712 g/mol. The number of carbonyl (C=O) groups excluding carboxylic acids is 2. The summed E-state index contributed by atoms with van der Waals surface area (Å²) in [6, 6.07) is -0.720. The van der Waals surface area contributed by atoms with Crippen LogP contribution < -0.4 is 5.32 Å². The number of allylic oxidation sites excluding steroid dienone is 12. The summed E-state index contributed by atoms with van der Waals surface area (Å²) in [7, 11) is 0. The zero-order valence-electron chi connectivity index (χ0n) is 33.0. The van der Waals surface area contributed by atoms with Gasteiger partial charge >= 0.3 is 5.97 Å². The van der Waals surface area contributed by atoms with Gasteiger partial charge in [-0.3, -0.25) is 9.59 Å². The van der Waals surface area contributed by atoms with Crippen LogP contribution in [0.1, 0.15) is 175 Å². The van der Waals surface area contributed by atoms with E-state index in [1.807, 2.05) is 54.7 Å². The lowest BCUT2D eigenvalue weighted by Gasteiger charge is -2.24. The Balaban J connectivity index is 4.77. The van der Waals surface area contributed by atoms with Gasteiger partial charge < -0.3 is 20.3 Å². The first-order chi connectivity index (χ1) is 25.0. The summed E-state index contributed by atoms with van der Waals surface area (Å²) < 4.78 is 5.82. The molecule has 0 aliphatic rings. The molecular weight excluding hydrogens is 634 g/mol. The number of hydrogen-bond acceptors (Lipinski definition) is 5. The van der Waals surface area contributed by atoms with Gasteiger partial charge in [0, 0.05) is 6.42 Å². The highest BCUT2D eigenvalue weighted by Gasteiger charge is 2.24. The number of rotatable bonds is 35. The van der Waals surface area contributed by atoms with E-state index >= 15 is 0 Å². The molecule has 3 N–H and O–H groups in total. The highest BCUT2D eigenvalue weighted by Crippen LogP contribution is 2.16. The summed E-state index contributed by atoms with van der Waals surface area (Å²) in [6.45, 7) is 6.23. The van der Waals surface area contributed by atoms with Crippen molar-refractivity contribution in [3.05, 3.63) is 72.9 Å².